The summed E-state index contributed by atoms with van der Waals surface area (Å²) < 4.78 is 32.0. The summed E-state index contributed by atoms with van der Waals surface area (Å²) in [6, 6.07) is 9.79. The summed E-state index contributed by atoms with van der Waals surface area (Å²) >= 11 is 0. The third kappa shape index (κ3) is 5.10. The highest BCUT2D eigenvalue weighted by atomic mass is 19.3. The molecule has 2 aromatic carbocycles. The topological polar surface area (TPSA) is 43.4 Å². The number of unbranched alkanes of at least 4 members (excludes halogenated alkanes) is 3. The number of halogens is 2. The maximum absolute atomic E-state index is 13.5. The summed E-state index contributed by atoms with van der Waals surface area (Å²) in [6.45, 7) is 3.70. The molecule has 0 fully saturated rings. The molecular formula is C21H24F2O3. The minimum absolute atomic E-state index is 0.0620. The Labute approximate surface area is 152 Å². The van der Waals surface area contributed by atoms with Gasteiger partial charge in [0.25, 0.3) is 6.43 Å². The van der Waals surface area contributed by atoms with E-state index >= 15 is 0 Å². The quantitative estimate of drug-likeness (QED) is 0.335. The molecule has 0 N–H and O–H groups in total. The Morgan fingerprint density at radius 3 is 2.35 bits per heavy atom. The highest BCUT2D eigenvalue weighted by Gasteiger charge is 2.31. The number of carbonyl (C=O) groups is 2. The van der Waals surface area contributed by atoms with Gasteiger partial charge in [-0.2, -0.15) is 0 Å². The monoisotopic (exact) mass is 362 g/mol. The van der Waals surface area contributed by atoms with Gasteiger partial charge in [-0.1, -0.05) is 56.5 Å². The number of alkyl halides is 2. The Kier molecular flexibility index (Phi) is 7.25. The second-order valence-electron chi connectivity index (χ2n) is 6.42. The van der Waals surface area contributed by atoms with Gasteiger partial charge in [0.05, 0.1) is 6.61 Å². The predicted molar refractivity (Wildman–Crippen MR) is 97.8 cm³/mol. The number of esters is 1. The van der Waals surface area contributed by atoms with E-state index < -0.39 is 18.3 Å². The van der Waals surface area contributed by atoms with Crippen molar-refractivity contribution in [3.8, 4) is 0 Å². The zero-order chi connectivity index (χ0) is 19.1. The number of fused-ring (bicyclic) bond motifs is 1. The number of Topliss-reactive ketones (excluding diaryl/α,β-unsaturated/α-hetero) is 1. The zero-order valence-corrected chi connectivity index (χ0v) is 15.1. The predicted octanol–water partition coefficient (Wildman–Crippen LogP) is 5.51. The van der Waals surface area contributed by atoms with Crippen LogP contribution in [0.3, 0.4) is 0 Å². The number of ether oxygens (including phenoxy) is 1. The first-order valence-corrected chi connectivity index (χ1v) is 8.93. The number of carbonyl (C=O) groups excluding carboxylic acids is 2. The van der Waals surface area contributed by atoms with Gasteiger partial charge in [0.1, 0.15) is 5.92 Å². The Hall–Kier alpha value is -2.30. The van der Waals surface area contributed by atoms with Crippen LogP contribution in [0.2, 0.25) is 0 Å². The molecule has 0 spiro atoms. The number of hydrogen-bond donors (Lipinski definition) is 0. The lowest BCUT2D eigenvalue weighted by atomic mass is 9.95. The minimum atomic E-state index is -2.84. The van der Waals surface area contributed by atoms with E-state index in [0.717, 1.165) is 24.6 Å². The van der Waals surface area contributed by atoms with Crippen molar-refractivity contribution in [2.24, 2.45) is 0 Å². The Balaban J connectivity index is 2.17. The van der Waals surface area contributed by atoms with Crippen LogP contribution in [0.1, 0.15) is 61.4 Å². The first kappa shape index (κ1) is 20.0. The van der Waals surface area contributed by atoms with E-state index in [-0.39, 0.29) is 18.0 Å². The van der Waals surface area contributed by atoms with E-state index in [1.807, 2.05) is 0 Å². The lowest BCUT2D eigenvalue weighted by Crippen LogP contribution is -2.23. The smallest absolute Gasteiger partial charge is 0.319 e. The molecule has 0 aliphatic rings. The Bertz CT molecular complexity index is 771. The molecule has 1 atom stereocenters. The van der Waals surface area contributed by atoms with Crippen LogP contribution in [-0.4, -0.2) is 24.8 Å². The molecule has 26 heavy (non-hydrogen) atoms. The van der Waals surface area contributed by atoms with Crippen LogP contribution in [0.4, 0.5) is 8.78 Å². The van der Waals surface area contributed by atoms with Gasteiger partial charge in [-0.3, -0.25) is 9.59 Å². The number of hydrogen-bond acceptors (Lipinski definition) is 3. The molecule has 0 aromatic heterocycles. The lowest BCUT2D eigenvalue weighted by molar-refractivity contribution is -0.149. The summed E-state index contributed by atoms with van der Waals surface area (Å²) in [7, 11) is 0. The molecule has 0 bridgehead atoms. The molecule has 2 rings (SSSR count). The number of rotatable bonds is 9. The van der Waals surface area contributed by atoms with E-state index in [1.165, 1.54) is 13.0 Å². The molecule has 0 saturated heterocycles. The van der Waals surface area contributed by atoms with Crippen molar-refractivity contribution in [2.75, 3.05) is 6.61 Å². The van der Waals surface area contributed by atoms with Gasteiger partial charge in [-0.25, -0.2) is 8.78 Å². The molecule has 0 aliphatic heterocycles. The van der Waals surface area contributed by atoms with Gasteiger partial charge in [0.15, 0.2) is 5.78 Å². The average molecular weight is 362 g/mol. The fraction of sp³-hybridized carbons (Fsp3) is 0.429. The van der Waals surface area contributed by atoms with Gasteiger partial charge < -0.3 is 4.74 Å². The zero-order valence-electron chi connectivity index (χ0n) is 15.1. The summed E-state index contributed by atoms with van der Waals surface area (Å²) in [5.74, 6) is -2.55. The molecule has 0 radical (unpaired) electrons. The van der Waals surface area contributed by atoms with Gasteiger partial charge in [-0.15, -0.1) is 0 Å². The van der Waals surface area contributed by atoms with Crippen molar-refractivity contribution in [3.63, 3.8) is 0 Å². The first-order chi connectivity index (χ1) is 12.4. The summed E-state index contributed by atoms with van der Waals surface area (Å²) in [6.07, 6.45) is 0.837. The van der Waals surface area contributed by atoms with Crippen LogP contribution in [0.25, 0.3) is 10.8 Å². The maximum Gasteiger partial charge on any atom is 0.319 e. The third-order valence-corrected chi connectivity index (χ3v) is 4.38. The second kappa shape index (κ2) is 9.41. The molecule has 0 amide bonds. The van der Waals surface area contributed by atoms with Crippen molar-refractivity contribution >= 4 is 22.5 Å². The van der Waals surface area contributed by atoms with Crippen LogP contribution in [0.15, 0.2) is 36.4 Å². The Morgan fingerprint density at radius 1 is 1.00 bits per heavy atom. The summed E-state index contributed by atoms with van der Waals surface area (Å²) in [5.41, 5.74) is 0.781. The van der Waals surface area contributed by atoms with Crippen molar-refractivity contribution < 1.29 is 23.1 Å². The fourth-order valence-corrected chi connectivity index (χ4v) is 2.85. The standard InChI is InChI=1S/C21H24F2O3/c1-3-4-5-6-11-26-21(25)19(20(22)23)18-10-9-16-12-15(14(2)24)7-8-17(16)13-18/h7-10,12-13,19-20H,3-6,11H2,1-2H3. The number of benzene rings is 2. The highest BCUT2D eigenvalue weighted by Crippen LogP contribution is 2.28. The summed E-state index contributed by atoms with van der Waals surface area (Å²) in [4.78, 5) is 23.6. The van der Waals surface area contributed by atoms with Crippen LogP contribution < -0.4 is 0 Å². The van der Waals surface area contributed by atoms with E-state index in [1.54, 1.807) is 30.3 Å². The first-order valence-electron chi connectivity index (χ1n) is 8.93. The average Bonchev–Trinajstić information content (AvgIpc) is 2.60. The molecule has 2 aromatic rings. The molecule has 140 valence electrons. The molecular weight excluding hydrogens is 338 g/mol. The largest absolute Gasteiger partial charge is 0.465 e. The molecule has 0 saturated carbocycles. The van der Waals surface area contributed by atoms with Crippen LogP contribution in [0, 0.1) is 0 Å². The molecule has 0 aliphatic carbocycles. The van der Waals surface area contributed by atoms with E-state index in [0.29, 0.717) is 17.4 Å². The van der Waals surface area contributed by atoms with Crippen molar-refractivity contribution in [2.45, 2.75) is 51.9 Å². The SMILES string of the molecule is CCCCCCOC(=O)C(c1ccc2cc(C(C)=O)ccc2c1)C(F)F. The van der Waals surface area contributed by atoms with Gasteiger partial charge >= 0.3 is 5.97 Å². The van der Waals surface area contributed by atoms with Crippen molar-refractivity contribution in [1.29, 1.82) is 0 Å². The summed E-state index contributed by atoms with van der Waals surface area (Å²) in [5, 5.41) is 1.47. The normalized spacial score (nSPS) is 12.3. The van der Waals surface area contributed by atoms with Crippen LogP contribution >= 0.6 is 0 Å². The lowest BCUT2D eigenvalue weighted by Gasteiger charge is -2.16. The van der Waals surface area contributed by atoms with Gasteiger partial charge in [0, 0.05) is 5.56 Å². The van der Waals surface area contributed by atoms with E-state index in [4.69, 9.17) is 4.74 Å². The highest BCUT2D eigenvalue weighted by molar-refractivity contribution is 5.98. The fourth-order valence-electron chi connectivity index (χ4n) is 2.85. The van der Waals surface area contributed by atoms with Gasteiger partial charge in [-0.05, 0) is 35.7 Å². The van der Waals surface area contributed by atoms with Crippen molar-refractivity contribution in [3.05, 3.63) is 47.5 Å². The van der Waals surface area contributed by atoms with Crippen molar-refractivity contribution in [1.82, 2.24) is 0 Å². The van der Waals surface area contributed by atoms with Gasteiger partial charge in [0.2, 0.25) is 0 Å². The van der Waals surface area contributed by atoms with E-state index in [2.05, 4.69) is 6.92 Å². The Morgan fingerprint density at radius 2 is 1.69 bits per heavy atom. The molecule has 1 unspecified atom stereocenters. The molecule has 0 heterocycles. The molecule has 3 nitrogen and oxygen atoms in total. The molecule has 5 heteroatoms. The second-order valence-corrected chi connectivity index (χ2v) is 6.42. The third-order valence-electron chi connectivity index (χ3n) is 4.38. The van der Waals surface area contributed by atoms with Crippen LogP contribution in [0.5, 0.6) is 0 Å². The van der Waals surface area contributed by atoms with Crippen LogP contribution in [-0.2, 0) is 9.53 Å². The maximum atomic E-state index is 13.5. The van der Waals surface area contributed by atoms with E-state index in [9.17, 15) is 18.4 Å². The number of ketones is 1. The minimum Gasteiger partial charge on any atom is -0.465 e.